The summed E-state index contributed by atoms with van der Waals surface area (Å²) in [5, 5.41) is 20.8. The molecule has 1 aliphatic carbocycles. The van der Waals surface area contributed by atoms with Crippen LogP contribution in [0.1, 0.15) is 52.9 Å². The molecule has 2 heterocycles. The smallest absolute Gasteiger partial charge is 0.148 e. The minimum Gasteiger partial charge on any atom is -0.390 e. The molecule has 0 radical (unpaired) electrons. The standard InChI is InChI=1S/C17H26O5/c1-4-5-6-7-10-11(9-18)14-17(15(22-17)13(10)20)8-12(19)16(2,3)21-14/h9,12-15,19-20H,4-8H2,1-3H3. The van der Waals surface area contributed by atoms with Crippen LogP contribution in [0.3, 0.4) is 0 Å². The van der Waals surface area contributed by atoms with E-state index in [1.165, 1.54) is 0 Å². The molecule has 3 rings (SSSR count). The first kappa shape index (κ1) is 16.1. The van der Waals surface area contributed by atoms with E-state index in [9.17, 15) is 15.0 Å². The molecule has 0 aromatic rings. The third-order valence-corrected chi connectivity index (χ3v) is 5.42. The van der Waals surface area contributed by atoms with Gasteiger partial charge in [-0.3, -0.25) is 4.79 Å². The van der Waals surface area contributed by atoms with Crippen LogP contribution in [0.5, 0.6) is 0 Å². The lowest BCUT2D eigenvalue weighted by molar-refractivity contribution is -0.189. The van der Waals surface area contributed by atoms with E-state index in [1.54, 1.807) is 0 Å². The van der Waals surface area contributed by atoms with Crippen molar-refractivity contribution < 1.29 is 24.5 Å². The fourth-order valence-electron chi connectivity index (χ4n) is 3.89. The van der Waals surface area contributed by atoms with Crippen molar-refractivity contribution in [2.45, 2.75) is 88.5 Å². The number of carbonyl (C=O) groups excluding carboxylic acids is 1. The van der Waals surface area contributed by atoms with Crippen LogP contribution in [0.15, 0.2) is 11.1 Å². The van der Waals surface area contributed by atoms with Crippen LogP contribution >= 0.6 is 0 Å². The molecule has 2 N–H and O–H groups in total. The third-order valence-electron chi connectivity index (χ3n) is 5.42. The van der Waals surface area contributed by atoms with Crippen LogP contribution < -0.4 is 0 Å². The van der Waals surface area contributed by atoms with E-state index >= 15 is 0 Å². The Hall–Kier alpha value is -0.750. The largest absolute Gasteiger partial charge is 0.390 e. The molecule has 5 nitrogen and oxygen atoms in total. The minimum atomic E-state index is -0.759. The van der Waals surface area contributed by atoms with Gasteiger partial charge >= 0.3 is 0 Å². The topological polar surface area (TPSA) is 79.3 Å². The number of hydrogen-bond donors (Lipinski definition) is 2. The normalized spacial score (nSPS) is 42.6. The van der Waals surface area contributed by atoms with Gasteiger partial charge in [-0.05, 0) is 32.3 Å². The summed E-state index contributed by atoms with van der Waals surface area (Å²) < 4.78 is 11.8. The van der Waals surface area contributed by atoms with Gasteiger partial charge in [-0.15, -0.1) is 0 Å². The molecule has 5 atom stereocenters. The van der Waals surface area contributed by atoms with Crippen LogP contribution in [0.4, 0.5) is 0 Å². The van der Waals surface area contributed by atoms with E-state index < -0.39 is 29.5 Å². The highest BCUT2D eigenvalue weighted by molar-refractivity contribution is 5.78. The van der Waals surface area contributed by atoms with Crippen molar-refractivity contribution in [2.75, 3.05) is 0 Å². The Morgan fingerprint density at radius 1 is 1.27 bits per heavy atom. The van der Waals surface area contributed by atoms with Crippen LogP contribution in [0.2, 0.25) is 0 Å². The molecule has 2 saturated heterocycles. The molecular weight excluding hydrogens is 284 g/mol. The Labute approximate surface area is 131 Å². The van der Waals surface area contributed by atoms with Crippen molar-refractivity contribution in [3.8, 4) is 0 Å². The second kappa shape index (κ2) is 5.41. The zero-order valence-electron chi connectivity index (χ0n) is 13.5. The first-order valence-electron chi connectivity index (χ1n) is 8.27. The van der Waals surface area contributed by atoms with Crippen LogP contribution in [-0.2, 0) is 14.3 Å². The zero-order valence-corrected chi connectivity index (χ0v) is 13.5. The van der Waals surface area contributed by atoms with Gasteiger partial charge in [0.05, 0.1) is 11.7 Å². The Morgan fingerprint density at radius 3 is 2.64 bits per heavy atom. The SMILES string of the molecule is CCCCCC1=C(C=O)C2OC(C)(C)C(O)CC23OC3C1O. The molecule has 5 heteroatoms. The number of hydrogen-bond acceptors (Lipinski definition) is 5. The summed E-state index contributed by atoms with van der Waals surface area (Å²) in [6.45, 7) is 5.77. The van der Waals surface area contributed by atoms with Crippen molar-refractivity contribution in [1.82, 2.24) is 0 Å². The number of carbonyl (C=O) groups is 1. The lowest BCUT2D eigenvalue weighted by atomic mass is 9.72. The summed E-state index contributed by atoms with van der Waals surface area (Å²) in [5.41, 5.74) is -0.160. The predicted octanol–water partition coefficient (Wildman–Crippen LogP) is 1.50. The van der Waals surface area contributed by atoms with Crippen molar-refractivity contribution >= 4 is 6.29 Å². The highest BCUT2D eigenvalue weighted by Crippen LogP contribution is 2.58. The molecule has 2 fully saturated rings. The average molecular weight is 310 g/mol. The molecule has 0 aromatic heterocycles. The Kier molecular flexibility index (Phi) is 3.96. The average Bonchev–Trinajstić information content (AvgIpc) is 3.18. The van der Waals surface area contributed by atoms with Crippen LogP contribution in [-0.4, -0.2) is 52.1 Å². The van der Waals surface area contributed by atoms with Gasteiger partial charge in [-0.1, -0.05) is 19.8 Å². The number of aliphatic hydroxyl groups is 2. The second-order valence-corrected chi connectivity index (χ2v) is 7.32. The highest BCUT2D eigenvalue weighted by atomic mass is 16.7. The first-order chi connectivity index (χ1) is 10.4. The Morgan fingerprint density at radius 2 is 2.00 bits per heavy atom. The summed E-state index contributed by atoms with van der Waals surface area (Å²) in [4.78, 5) is 11.7. The number of rotatable bonds is 5. The van der Waals surface area contributed by atoms with E-state index in [-0.39, 0.29) is 6.10 Å². The summed E-state index contributed by atoms with van der Waals surface area (Å²) in [7, 11) is 0. The van der Waals surface area contributed by atoms with Gasteiger partial charge in [-0.25, -0.2) is 0 Å². The molecule has 0 amide bonds. The number of unbranched alkanes of at least 4 members (excludes halogenated alkanes) is 2. The van der Waals surface area contributed by atoms with E-state index in [0.29, 0.717) is 18.4 Å². The van der Waals surface area contributed by atoms with Crippen LogP contribution in [0.25, 0.3) is 0 Å². The van der Waals surface area contributed by atoms with Gasteiger partial charge < -0.3 is 19.7 Å². The van der Waals surface area contributed by atoms with Gasteiger partial charge in [0, 0.05) is 12.0 Å². The van der Waals surface area contributed by atoms with E-state index in [2.05, 4.69) is 6.92 Å². The number of ether oxygens (including phenoxy) is 2. The summed E-state index contributed by atoms with van der Waals surface area (Å²) in [6, 6.07) is 0. The molecule has 2 aliphatic heterocycles. The molecular formula is C17H26O5. The number of aliphatic hydroxyl groups excluding tert-OH is 2. The van der Waals surface area contributed by atoms with Gasteiger partial charge in [0.15, 0.2) is 0 Å². The molecule has 0 aromatic carbocycles. The van der Waals surface area contributed by atoms with Gasteiger partial charge in [0.1, 0.15) is 30.2 Å². The zero-order chi connectivity index (χ0) is 16.1. The van der Waals surface area contributed by atoms with Crippen LogP contribution in [0, 0.1) is 0 Å². The maximum absolute atomic E-state index is 11.7. The predicted molar refractivity (Wildman–Crippen MR) is 80.4 cm³/mol. The molecule has 124 valence electrons. The highest BCUT2D eigenvalue weighted by Gasteiger charge is 2.72. The van der Waals surface area contributed by atoms with Crippen molar-refractivity contribution in [2.24, 2.45) is 0 Å². The number of epoxide rings is 1. The van der Waals surface area contributed by atoms with Crippen molar-refractivity contribution in [1.29, 1.82) is 0 Å². The molecule has 3 aliphatic rings. The van der Waals surface area contributed by atoms with Gasteiger partial charge in [0.2, 0.25) is 0 Å². The Balaban J connectivity index is 1.92. The lowest BCUT2D eigenvalue weighted by Gasteiger charge is -2.46. The summed E-state index contributed by atoms with van der Waals surface area (Å²) in [6.07, 6.45) is 2.73. The molecule has 1 spiro atoms. The summed E-state index contributed by atoms with van der Waals surface area (Å²) >= 11 is 0. The minimum absolute atomic E-state index is 0.358. The molecule has 0 bridgehead atoms. The maximum Gasteiger partial charge on any atom is 0.148 e. The fraction of sp³-hybridized carbons (Fsp3) is 0.824. The van der Waals surface area contributed by atoms with Crippen molar-refractivity contribution in [3.05, 3.63) is 11.1 Å². The quantitative estimate of drug-likeness (QED) is 0.457. The molecule has 22 heavy (non-hydrogen) atoms. The first-order valence-corrected chi connectivity index (χ1v) is 8.27. The maximum atomic E-state index is 11.7. The van der Waals surface area contributed by atoms with E-state index in [4.69, 9.17) is 9.47 Å². The van der Waals surface area contributed by atoms with Crippen molar-refractivity contribution in [3.63, 3.8) is 0 Å². The van der Waals surface area contributed by atoms with Gasteiger partial charge in [-0.2, -0.15) is 0 Å². The molecule has 5 unspecified atom stereocenters. The fourth-order valence-corrected chi connectivity index (χ4v) is 3.89. The number of aldehydes is 1. The van der Waals surface area contributed by atoms with E-state index in [0.717, 1.165) is 31.1 Å². The monoisotopic (exact) mass is 310 g/mol. The third kappa shape index (κ3) is 2.26. The Bertz CT molecular complexity index is 497. The lowest BCUT2D eigenvalue weighted by Crippen LogP contribution is -2.59. The summed E-state index contributed by atoms with van der Waals surface area (Å²) in [5.74, 6) is 0. The van der Waals surface area contributed by atoms with E-state index in [1.807, 2.05) is 13.8 Å². The second-order valence-electron chi connectivity index (χ2n) is 7.32. The van der Waals surface area contributed by atoms with Gasteiger partial charge in [0.25, 0.3) is 0 Å². The molecule has 0 saturated carbocycles.